The molecule has 2 heterocycles. The topological polar surface area (TPSA) is 62.7 Å². The zero-order valence-electron chi connectivity index (χ0n) is 13.1. The van der Waals surface area contributed by atoms with E-state index in [9.17, 15) is 9.90 Å². The maximum atomic E-state index is 11.2. The van der Waals surface area contributed by atoms with Crippen LogP contribution in [-0.2, 0) is 11.3 Å². The molecule has 2 aromatic rings. The lowest BCUT2D eigenvalue weighted by Crippen LogP contribution is -2.38. The lowest BCUT2D eigenvalue weighted by atomic mass is 9.98. The molecule has 1 N–H and O–H groups in total. The van der Waals surface area contributed by atoms with Crippen LogP contribution in [0.3, 0.4) is 0 Å². The first-order chi connectivity index (χ1) is 11.2. The molecule has 0 radical (unpaired) electrons. The number of rotatable bonds is 5. The second-order valence-electron chi connectivity index (χ2n) is 5.76. The first-order valence-corrected chi connectivity index (χ1v) is 8.58. The second-order valence-corrected chi connectivity index (χ2v) is 6.61. The van der Waals surface area contributed by atoms with Crippen LogP contribution in [0.1, 0.15) is 18.5 Å². The summed E-state index contributed by atoms with van der Waals surface area (Å²) in [6.07, 6.45) is 1.70. The number of hydrogen-bond acceptors (Lipinski definition) is 5. The Morgan fingerprint density at radius 2 is 2.30 bits per heavy atom. The number of carboxylic acid groups (broad SMARTS) is 1. The molecular weight excluding hydrogens is 312 g/mol. The molecule has 1 aliphatic heterocycles. The summed E-state index contributed by atoms with van der Waals surface area (Å²) in [7, 11) is 1.66. The number of methoxy groups -OCH3 is 1. The Morgan fingerprint density at radius 1 is 1.48 bits per heavy atom. The highest BCUT2D eigenvalue weighted by atomic mass is 32.1. The van der Waals surface area contributed by atoms with Crippen molar-refractivity contribution in [2.45, 2.75) is 19.4 Å². The van der Waals surface area contributed by atoms with Crippen molar-refractivity contribution >= 4 is 17.3 Å². The average molecular weight is 332 g/mol. The zero-order chi connectivity index (χ0) is 16.2. The van der Waals surface area contributed by atoms with Gasteiger partial charge < -0.3 is 9.84 Å². The van der Waals surface area contributed by atoms with Crippen LogP contribution in [0, 0.1) is 5.92 Å². The van der Waals surface area contributed by atoms with Gasteiger partial charge >= 0.3 is 5.97 Å². The maximum Gasteiger partial charge on any atom is 0.307 e. The Labute approximate surface area is 139 Å². The van der Waals surface area contributed by atoms with Crippen molar-refractivity contribution in [2.75, 3.05) is 20.2 Å². The van der Waals surface area contributed by atoms with Crippen LogP contribution in [0.5, 0.6) is 5.75 Å². The van der Waals surface area contributed by atoms with E-state index in [0.717, 1.165) is 41.4 Å². The monoisotopic (exact) mass is 332 g/mol. The number of aliphatic carboxylic acids is 1. The van der Waals surface area contributed by atoms with E-state index >= 15 is 0 Å². The van der Waals surface area contributed by atoms with Crippen LogP contribution in [0.15, 0.2) is 29.6 Å². The zero-order valence-corrected chi connectivity index (χ0v) is 13.9. The summed E-state index contributed by atoms with van der Waals surface area (Å²) >= 11 is 1.59. The molecule has 122 valence electrons. The summed E-state index contributed by atoms with van der Waals surface area (Å²) in [6.45, 7) is 2.25. The Morgan fingerprint density at radius 3 is 3.09 bits per heavy atom. The van der Waals surface area contributed by atoms with Crippen molar-refractivity contribution < 1.29 is 14.6 Å². The fourth-order valence-electron chi connectivity index (χ4n) is 2.95. The smallest absolute Gasteiger partial charge is 0.307 e. The van der Waals surface area contributed by atoms with E-state index in [0.29, 0.717) is 13.1 Å². The van der Waals surface area contributed by atoms with E-state index in [-0.39, 0.29) is 5.92 Å². The van der Waals surface area contributed by atoms with Crippen molar-refractivity contribution in [3.8, 4) is 16.3 Å². The Balaban J connectivity index is 1.71. The molecule has 1 atom stereocenters. The molecule has 1 aromatic heterocycles. The van der Waals surface area contributed by atoms with Gasteiger partial charge in [0.25, 0.3) is 0 Å². The van der Waals surface area contributed by atoms with Gasteiger partial charge in [0.2, 0.25) is 0 Å². The molecule has 0 amide bonds. The van der Waals surface area contributed by atoms with Gasteiger partial charge in [-0.2, -0.15) is 0 Å². The summed E-state index contributed by atoms with van der Waals surface area (Å²) in [5.74, 6) is -0.129. The lowest BCUT2D eigenvalue weighted by molar-refractivity contribution is -0.143. The molecule has 1 aliphatic rings. The van der Waals surface area contributed by atoms with E-state index in [1.54, 1.807) is 18.4 Å². The highest BCUT2D eigenvalue weighted by Gasteiger charge is 2.25. The summed E-state index contributed by atoms with van der Waals surface area (Å²) in [4.78, 5) is 18.0. The van der Waals surface area contributed by atoms with Crippen molar-refractivity contribution in [1.82, 2.24) is 9.88 Å². The van der Waals surface area contributed by atoms with E-state index in [4.69, 9.17) is 9.72 Å². The second kappa shape index (κ2) is 7.10. The Bertz CT molecular complexity index is 686. The van der Waals surface area contributed by atoms with Gasteiger partial charge in [-0.05, 0) is 31.5 Å². The number of carbonyl (C=O) groups is 1. The van der Waals surface area contributed by atoms with Crippen molar-refractivity contribution in [3.05, 3.63) is 35.3 Å². The van der Waals surface area contributed by atoms with Gasteiger partial charge in [0.05, 0.1) is 24.3 Å². The summed E-state index contributed by atoms with van der Waals surface area (Å²) < 4.78 is 5.39. The highest BCUT2D eigenvalue weighted by Crippen LogP contribution is 2.32. The SMILES string of the molecule is COc1ccccc1-c1nc(CN2CCCC(C(=O)O)C2)cs1. The quantitative estimate of drug-likeness (QED) is 0.911. The number of benzene rings is 1. The number of piperidine rings is 1. The Hall–Kier alpha value is -1.92. The number of ether oxygens (including phenoxy) is 1. The molecule has 1 unspecified atom stereocenters. The molecule has 0 saturated carbocycles. The molecule has 5 nitrogen and oxygen atoms in total. The van der Waals surface area contributed by atoms with Crippen molar-refractivity contribution in [2.24, 2.45) is 5.92 Å². The van der Waals surface area contributed by atoms with E-state index in [2.05, 4.69) is 4.90 Å². The summed E-state index contributed by atoms with van der Waals surface area (Å²) in [5.41, 5.74) is 1.98. The van der Waals surface area contributed by atoms with E-state index in [1.807, 2.05) is 29.6 Å². The molecule has 0 spiro atoms. The normalized spacial score (nSPS) is 18.7. The minimum atomic E-state index is -0.692. The van der Waals surface area contributed by atoms with Crippen LogP contribution < -0.4 is 4.74 Å². The lowest BCUT2D eigenvalue weighted by Gasteiger charge is -2.29. The first-order valence-electron chi connectivity index (χ1n) is 7.70. The third kappa shape index (κ3) is 3.71. The highest BCUT2D eigenvalue weighted by molar-refractivity contribution is 7.13. The molecule has 6 heteroatoms. The van der Waals surface area contributed by atoms with Gasteiger partial charge in [0, 0.05) is 18.5 Å². The molecule has 1 saturated heterocycles. The van der Waals surface area contributed by atoms with Crippen LogP contribution in [0.2, 0.25) is 0 Å². The molecule has 0 aliphatic carbocycles. The number of nitrogens with zero attached hydrogens (tertiary/aromatic N) is 2. The third-order valence-electron chi connectivity index (χ3n) is 4.13. The van der Waals surface area contributed by atoms with Crippen molar-refractivity contribution in [1.29, 1.82) is 0 Å². The van der Waals surface area contributed by atoms with Gasteiger partial charge in [0.15, 0.2) is 0 Å². The molecule has 0 bridgehead atoms. The summed E-state index contributed by atoms with van der Waals surface area (Å²) in [6, 6.07) is 7.85. The maximum absolute atomic E-state index is 11.2. The predicted molar refractivity (Wildman–Crippen MR) is 89.7 cm³/mol. The minimum Gasteiger partial charge on any atom is -0.496 e. The van der Waals surface area contributed by atoms with E-state index in [1.165, 1.54) is 0 Å². The molecule has 1 aromatic carbocycles. The number of aromatic nitrogens is 1. The van der Waals surface area contributed by atoms with Crippen LogP contribution in [-0.4, -0.2) is 41.2 Å². The largest absolute Gasteiger partial charge is 0.496 e. The van der Waals surface area contributed by atoms with Gasteiger partial charge in [-0.25, -0.2) is 4.98 Å². The fourth-order valence-corrected chi connectivity index (χ4v) is 3.79. The predicted octanol–water partition coefficient (Wildman–Crippen LogP) is 3.12. The summed E-state index contributed by atoms with van der Waals surface area (Å²) in [5, 5.41) is 12.2. The van der Waals surface area contributed by atoms with Gasteiger partial charge in [-0.15, -0.1) is 11.3 Å². The van der Waals surface area contributed by atoms with Crippen molar-refractivity contribution in [3.63, 3.8) is 0 Å². The number of hydrogen-bond donors (Lipinski definition) is 1. The standard InChI is InChI=1S/C17H20N2O3S/c1-22-15-7-3-2-6-14(15)16-18-13(11-23-16)10-19-8-4-5-12(9-19)17(20)21/h2-3,6-7,11-12H,4-5,8-10H2,1H3,(H,20,21). The molecule has 1 fully saturated rings. The molecule has 3 rings (SSSR count). The average Bonchev–Trinajstić information content (AvgIpc) is 3.03. The minimum absolute atomic E-state index is 0.254. The number of carboxylic acids is 1. The number of likely N-dealkylation sites (tertiary alicyclic amines) is 1. The molecular formula is C17H20N2O3S. The number of thiazole rings is 1. The number of para-hydroxylation sites is 1. The molecule has 23 heavy (non-hydrogen) atoms. The van der Waals surface area contributed by atoms with E-state index < -0.39 is 5.97 Å². The van der Waals surface area contributed by atoms with Gasteiger partial charge in [0.1, 0.15) is 10.8 Å². The first kappa shape index (κ1) is 16.0. The van der Waals surface area contributed by atoms with Crippen LogP contribution in [0.4, 0.5) is 0 Å². The van der Waals surface area contributed by atoms with Crippen LogP contribution in [0.25, 0.3) is 10.6 Å². The fraction of sp³-hybridized carbons (Fsp3) is 0.412. The van der Waals surface area contributed by atoms with Crippen LogP contribution >= 0.6 is 11.3 Å². The van der Waals surface area contributed by atoms with Gasteiger partial charge in [-0.3, -0.25) is 9.69 Å². The van der Waals surface area contributed by atoms with Gasteiger partial charge in [-0.1, -0.05) is 12.1 Å². The third-order valence-corrected chi connectivity index (χ3v) is 5.05. The Kier molecular flexibility index (Phi) is 4.93.